The van der Waals surface area contributed by atoms with E-state index in [-0.39, 0.29) is 23.7 Å². The molecule has 0 fully saturated rings. The van der Waals surface area contributed by atoms with Crippen LogP contribution in [-0.2, 0) is 8.22 Å². The average molecular weight is 529 g/mol. The van der Waals surface area contributed by atoms with Crippen molar-refractivity contribution in [3.05, 3.63) is 108 Å². The number of allylic oxidation sites excluding steroid dienone is 3. The van der Waals surface area contributed by atoms with Crippen molar-refractivity contribution in [3.8, 4) is 0 Å². The molecule has 2 aromatic carbocycles. The van der Waals surface area contributed by atoms with Crippen molar-refractivity contribution in [3.63, 3.8) is 0 Å². The van der Waals surface area contributed by atoms with Crippen LogP contribution in [0.4, 0.5) is 4.39 Å². The first-order chi connectivity index (χ1) is 14.7. The van der Waals surface area contributed by atoms with Gasteiger partial charge in [-0.05, 0) is 24.6 Å². The lowest BCUT2D eigenvalue weighted by atomic mass is 9.78. The van der Waals surface area contributed by atoms with Crippen LogP contribution in [0.5, 0.6) is 0 Å². The average Bonchev–Trinajstić information content (AvgIpc) is 2.76. The lowest BCUT2D eigenvalue weighted by Crippen LogP contribution is -2.35. The van der Waals surface area contributed by atoms with Crippen LogP contribution in [0.1, 0.15) is 29.3 Å². The van der Waals surface area contributed by atoms with Crippen LogP contribution in [0, 0.1) is 5.82 Å². The Morgan fingerprint density at radius 3 is 2.35 bits per heavy atom. The number of carbonyl (C=O) groups is 2. The number of halogens is 2. The molecule has 0 radical (unpaired) electrons. The van der Waals surface area contributed by atoms with Crippen molar-refractivity contribution < 1.29 is 19.1 Å². The first-order valence-electron chi connectivity index (χ1n) is 9.60. The lowest BCUT2D eigenvalue weighted by molar-refractivity contribution is -0.129. The maximum Gasteiger partial charge on any atom is 0.350 e. The number of benzene rings is 2. The third kappa shape index (κ3) is 4.90. The molecule has 0 saturated carbocycles. The van der Waals surface area contributed by atoms with E-state index in [0.29, 0.717) is 11.1 Å². The number of rotatable bonds is 7. The van der Waals surface area contributed by atoms with E-state index < -0.39 is 14.9 Å². The highest BCUT2D eigenvalue weighted by Crippen LogP contribution is 2.44. The fourth-order valence-corrected chi connectivity index (χ4v) is 4.25. The molecule has 0 aliphatic heterocycles. The summed E-state index contributed by atoms with van der Waals surface area (Å²) in [6.07, 6.45) is 6.92. The topological polar surface area (TPSA) is 66.7 Å². The van der Waals surface area contributed by atoms with E-state index >= 15 is 0 Å². The molecule has 0 spiro atoms. The molecule has 3 rings (SSSR count). The van der Waals surface area contributed by atoms with E-state index in [2.05, 4.69) is 34.2 Å². The standard InChI is InChI=1S/C25H21FINO3/c1-3-7-21(23(30)31)28-24(2)14-15-25(27,18-10-12-19(26)13-11-18)16-20(24)22(29)17-8-5-4-6-9-17/h3-6,8-16H,1,7H2,2H3,(H,30,31). The number of aliphatic imine (C=N–C) groups is 1. The predicted octanol–water partition coefficient (Wildman–Crippen LogP) is 5.70. The van der Waals surface area contributed by atoms with Crippen molar-refractivity contribution in [2.75, 3.05) is 0 Å². The SMILES string of the molecule is C=CCC(=NC1(C)C=CC(I)(c2ccc(F)cc2)C=C1C(=O)c1ccccc1)C(=O)O. The number of hydrogen-bond donors (Lipinski definition) is 1. The fraction of sp³-hybridized carbons (Fsp3) is 0.160. The van der Waals surface area contributed by atoms with Crippen LogP contribution >= 0.6 is 22.6 Å². The van der Waals surface area contributed by atoms with E-state index in [1.54, 1.807) is 55.5 Å². The summed E-state index contributed by atoms with van der Waals surface area (Å²) in [6, 6.07) is 14.8. The quantitative estimate of drug-likeness (QED) is 0.165. The number of ketones is 1. The molecule has 1 aliphatic carbocycles. The fourth-order valence-electron chi connectivity index (χ4n) is 3.40. The minimum absolute atomic E-state index is 0.0684. The molecule has 0 heterocycles. The second-order valence-corrected chi connectivity index (χ2v) is 9.15. The van der Waals surface area contributed by atoms with E-state index in [1.165, 1.54) is 18.2 Å². The predicted molar refractivity (Wildman–Crippen MR) is 128 cm³/mol. The molecule has 2 aromatic rings. The highest BCUT2D eigenvalue weighted by molar-refractivity contribution is 14.1. The van der Waals surface area contributed by atoms with Gasteiger partial charge in [-0.1, -0.05) is 89.4 Å². The smallest absolute Gasteiger partial charge is 0.350 e. The maximum atomic E-state index is 13.5. The third-order valence-electron chi connectivity index (χ3n) is 5.07. The van der Waals surface area contributed by atoms with Crippen molar-refractivity contribution in [1.82, 2.24) is 0 Å². The number of nitrogens with zero attached hydrogens (tertiary/aromatic N) is 1. The Kier molecular flexibility index (Phi) is 6.69. The molecule has 158 valence electrons. The number of carboxylic acids is 1. The van der Waals surface area contributed by atoms with Gasteiger partial charge in [0.1, 0.15) is 17.1 Å². The Morgan fingerprint density at radius 1 is 1.13 bits per heavy atom. The van der Waals surface area contributed by atoms with Gasteiger partial charge >= 0.3 is 5.97 Å². The number of hydrogen-bond acceptors (Lipinski definition) is 3. The summed E-state index contributed by atoms with van der Waals surface area (Å²) >= 11 is 2.20. The molecule has 0 amide bonds. The van der Waals surface area contributed by atoms with Crippen LogP contribution in [0.2, 0.25) is 0 Å². The normalized spacial score (nSPS) is 23.2. The summed E-state index contributed by atoms with van der Waals surface area (Å²) in [4.78, 5) is 29.6. The molecule has 4 nitrogen and oxygen atoms in total. The van der Waals surface area contributed by atoms with Gasteiger partial charge in [0.05, 0.1) is 3.42 Å². The molecule has 0 aromatic heterocycles. The zero-order chi connectivity index (χ0) is 22.6. The number of alkyl halides is 1. The Morgan fingerprint density at radius 2 is 1.77 bits per heavy atom. The van der Waals surface area contributed by atoms with Crippen LogP contribution in [0.25, 0.3) is 0 Å². The van der Waals surface area contributed by atoms with Crippen LogP contribution < -0.4 is 0 Å². The van der Waals surface area contributed by atoms with Gasteiger partial charge in [0.15, 0.2) is 5.78 Å². The van der Waals surface area contributed by atoms with Crippen LogP contribution in [-0.4, -0.2) is 28.1 Å². The molecular weight excluding hydrogens is 508 g/mol. The summed E-state index contributed by atoms with van der Waals surface area (Å²) in [5.74, 6) is -1.76. The minimum Gasteiger partial charge on any atom is -0.477 e. The number of carbonyl (C=O) groups excluding carboxylic acids is 1. The molecule has 1 aliphatic rings. The summed E-state index contributed by atoms with van der Waals surface area (Å²) in [5, 5.41) is 9.55. The molecule has 1 N–H and O–H groups in total. The van der Waals surface area contributed by atoms with Gasteiger partial charge in [-0.15, -0.1) is 6.58 Å². The zero-order valence-electron chi connectivity index (χ0n) is 16.9. The largest absolute Gasteiger partial charge is 0.477 e. The summed E-state index contributed by atoms with van der Waals surface area (Å²) in [7, 11) is 0. The summed E-state index contributed by atoms with van der Waals surface area (Å²) in [6.45, 7) is 5.31. The molecule has 2 unspecified atom stereocenters. The highest BCUT2D eigenvalue weighted by atomic mass is 127. The van der Waals surface area contributed by atoms with Gasteiger partial charge in [-0.25, -0.2) is 9.18 Å². The zero-order valence-corrected chi connectivity index (χ0v) is 19.0. The van der Waals surface area contributed by atoms with Gasteiger partial charge in [0.2, 0.25) is 0 Å². The monoisotopic (exact) mass is 529 g/mol. The minimum atomic E-state index is -1.18. The molecule has 0 bridgehead atoms. The lowest BCUT2D eigenvalue weighted by Gasteiger charge is -2.34. The Labute approximate surface area is 194 Å². The van der Waals surface area contributed by atoms with Gasteiger partial charge < -0.3 is 5.11 Å². The molecule has 31 heavy (non-hydrogen) atoms. The van der Waals surface area contributed by atoms with Gasteiger partial charge in [0, 0.05) is 17.6 Å². The van der Waals surface area contributed by atoms with E-state index in [1.807, 2.05) is 12.1 Å². The van der Waals surface area contributed by atoms with Crippen molar-refractivity contribution in [2.45, 2.75) is 22.3 Å². The Bertz CT molecular complexity index is 1110. The second kappa shape index (κ2) is 9.09. The maximum absolute atomic E-state index is 13.5. The Hall–Kier alpha value is -2.87. The number of Topliss-reactive ketones (excluding diaryl/α,β-unsaturated/α-hetero) is 1. The molecule has 0 saturated heterocycles. The molecule has 2 atom stereocenters. The van der Waals surface area contributed by atoms with Gasteiger partial charge in [0.25, 0.3) is 0 Å². The third-order valence-corrected chi connectivity index (χ3v) is 6.36. The first kappa shape index (κ1) is 22.8. The van der Waals surface area contributed by atoms with Crippen LogP contribution in [0.3, 0.4) is 0 Å². The Balaban J connectivity index is 2.18. The van der Waals surface area contributed by atoms with Crippen molar-refractivity contribution in [2.24, 2.45) is 4.99 Å². The van der Waals surface area contributed by atoms with E-state index in [9.17, 15) is 19.1 Å². The van der Waals surface area contributed by atoms with Gasteiger partial charge in [-0.3, -0.25) is 9.79 Å². The van der Waals surface area contributed by atoms with Gasteiger partial charge in [-0.2, -0.15) is 0 Å². The van der Waals surface area contributed by atoms with E-state index in [4.69, 9.17) is 0 Å². The van der Waals surface area contributed by atoms with Crippen molar-refractivity contribution in [1.29, 1.82) is 0 Å². The number of aliphatic carboxylic acids is 1. The van der Waals surface area contributed by atoms with E-state index in [0.717, 1.165) is 5.56 Å². The molecular formula is C25H21FINO3. The second-order valence-electron chi connectivity index (χ2n) is 7.37. The summed E-state index contributed by atoms with van der Waals surface area (Å²) in [5.41, 5.74) is 0.348. The highest BCUT2D eigenvalue weighted by Gasteiger charge is 2.40. The first-order valence-corrected chi connectivity index (χ1v) is 10.7. The summed E-state index contributed by atoms with van der Waals surface area (Å²) < 4.78 is 12.7. The number of carboxylic acid groups (broad SMARTS) is 1. The molecule has 6 heteroatoms. The van der Waals surface area contributed by atoms with Crippen molar-refractivity contribution >= 4 is 40.1 Å². The van der Waals surface area contributed by atoms with Crippen LogP contribution in [0.15, 0.2) is 96.0 Å².